The van der Waals surface area contributed by atoms with Crippen LogP contribution in [0.2, 0.25) is 0 Å². The summed E-state index contributed by atoms with van der Waals surface area (Å²) in [7, 11) is 0. The SMILES string of the molecule is CC1(C(=O)O)CCN(C(=O)c2ccc(C(=O)c3cc[nH]c3)cc2)C1. The van der Waals surface area contributed by atoms with Gasteiger partial charge < -0.3 is 15.0 Å². The highest BCUT2D eigenvalue weighted by Crippen LogP contribution is 2.31. The maximum atomic E-state index is 12.5. The number of aromatic nitrogens is 1. The van der Waals surface area contributed by atoms with Crippen molar-refractivity contribution in [2.24, 2.45) is 5.41 Å². The summed E-state index contributed by atoms with van der Waals surface area (Å²) in [5.74, 6) is -1.21. The summed E-state index contributed by atoms with van der Waals surface area (Å²) in [4.78, 5) is 40.4. The number of hydrogen-bond acceptors (Lipinski definition) is 3. The number of carbonyl (C=O) groups is 3. The number of likely N-dealkylation sites (tertiary alicyclic amines) is 1. The Bertz CT molecular complexity index is 780. The van der Waals surface area contributed by atoms with Crippen LogP contribution < -0.4 is 0 Å². The third kappa shape index (κ3) is 2.82. The number of H-pyrrole nitrogens is 1. The van der Waals surface area contributed by atoms with E-state index >= 15 is 0 Å². The highest BCUT2D eigenvalue weighted by molar-refractivity contribution is 6.09. The standard InChI is InChI=1S/C18H18N2O4/c1-18(17(23)24)7-9-20(11-18)16(22)13-4-2-12(3-5-13)15(21)14-6-8-19-10-14/h2-6,8,10,19H,7,9,11H2,1H3,(H,23,24). The Kier molecular flexibility index (Phi) is 3.97. The van der Waals surface area contributed by atoms with E-state index in [1.54, 1.807) is 54.5 Å². The molecular formula is C18H18N2O4. The van der Waals surface area contributed by atoms with Crippen molar-refractivity contribution in [2.75, 3.05) is 13.1 Å². The van der Waals surface area contributed by atoms with Gasteiger partial charge in [-0.15, -0.1) is 0 Å². The van der Waals surface area contributed by atoms with Crippen LogP contribution in [0.3, 0.4) is 0 Å². The molecular weight excluding hydrogens is 308 g/mol. The third-order valence-electron chi connectivity index (χ3n) is 4.53. The number of carbonyl (C=O) groups excluding carboxylic acids is 2. The van der Waals surface area contributed by atoms with Gasteiger partial charge in [0.05, 0.1) is 5.41 Å². The van der Waals surface area contributed by atoms with E-state index in [0.29, 0.717) is 29.7 Å². The van der Waals surface area contributed by atoms with E-state index in [1.807, 2.05) is 0 Å². The van der Waals surface area contributed by atoms with Crippen LogP contribution in [-0.4, -0.2) is 45.7 Å². The Labute approximate surface area is 139 Å². The van der Waals surface area contributed by atoms with Crippen molar-refractivity contribution in [3.05, 3.63) is 59.4 Å². The Morgan fingerprint density at radius 1 is 1.08 bits per heavy atom. The van der Waals surface area contributed by atoms with Gasteiger partial charge in [0.25, 0.3) is 5.91 Å². The van der Waals surface area contributed by atoms with Gasteiger partial charge in [-0.25, -0.2) is 0 Å². The normalized spacial score (nSPS) is 20.1. The van der Waals surface area contributed by atoms with E-state index in [1.165, 1.54) is 0 Å². The maximum Gasteiger partial charge on any atom is 0.311 e. The van der Waals surface area contributed by atoms with Gasteiger partial charge in [-0.2, -0.15) is 0 Å². The Hall–Kier alpha value is -2.89. The Balaban J connectivity index is 1.73. The van der Waals surface area contributed by atoms with Crippen LogP contribution >= 0.6 is 0 Å². The molecule has 24 heavy (non-hydrogen) atoms. The summed E-state index contributed by atoms with van der Waals surface area (Å²) in [6, 6.07) is 8.15. The molecule has 6 nitrogen and oxygen atoms in total. The molecule has 0 radical (unpaired) electrons. The quantitative estimate of drug-likeness (QED) is 0.843. The summed E-state index contributed by atoms with van der Waals surface area (Å²) in [5, 5.41) is 9.25. The van der Waals surface area contributed by atoms with Crippen molar-refractivity contribution in [1.29, 1.82) is 0 Å². The smallest absolute Gasteiger partial charge is 0.311 e. The van der Waals surface area contributed by atoms with Gasteiger partial charge in [0.15, 0.2) is 5.78 Å². The lowest BCUT2D eigenvalue weighted by Gasteiger charge is -2.20. The minimum Gasteiger partial charge on any atom is -0.481 e. The molecule has 2 aromatic rings. The number of amides is 1. The van der Waals surface area contributed by atoms with Gasteiger partial charge in [0.2, 0.25) is 0 Å². The molecule has 3 rings (SSSR count). The van der Waals surface area contributed by atoms with E-state index in [2.05, 4.69) is 4.98 Å². The molecule has 1 aliphatic heterocycles. The zero-order chi connectivity index (χ0) is 17.3. The molecule has 1 aromatic carbocycles. The molecule has 1 aromatic heterocycles. The topological polar surface area (TPSA) is 90.5 Å². The fourth-order valence-corrected chi connectivity index (χ4v) is 2.89. The number of nitrogens with one attached hydrogen (secondary N) is 1. The number of nitrogens with zero attached hydrogens (tertiary/aromatic N) is 1. The molecule has 0 aliphatic carbocycles. The number of benzene rings is 1. The fourth-order valence-electron chi connectivity index (χ4n) is 2.89. The van der Waals surface area contributed by atoms with Crippen LogP contribution in [0.1, 0.15) is 39.6 Å². The number of carboxylic acids is 1. The van der Waals surface area contributed by atoms with E-state index in [9.17, 15) is 19.5 Å². The van der Waals surface area contributed by atoms with E-state index < -0.39 is 11.4 Å². The first-order valence-corrected chi connectivity index (χ1v) is 7.71. The van der Waals surface area contributed by atoms with Gasteiger partial charge >= 0.3 is 5.97 Å². The second kappa shape index (κ2) is 5.96. The largest absolute Gasteiger partial charge is 0.481 e. The number of ketones is 1. The first-order chi connectivity index (χ1) is 11.4. The molecule has 0 bridgehead atoms. The highest BCUT2D eigenvalue weighted by atomic mass is 16.4. The Morgan fingerprint density at radius 2 is 1.75 bits per heavy atom. The average Bonchev–Trinajstić information content (AvgIpc) is 3.24. The van der Waals surface area contributed by atoms with Crippen LogP contribution in [0, 0.1) is 5.41 Å². The van der Waals surface area contributed by atoms with Crippen LogP contribution in [0.4, 0.5) is 0 Å². The minimum absolute atomic E-state index is 0.116. The molecule has 6 heteroatoms. The predicted octanol–water partition coefficient (Wildman–Crippen LogP) is 2.18. The number of carboxylic acid groups (broad SMARTS) is 1. The summed E-state index contributed by atoms with van der Waals surface area (Å²) >= 11 is 0. The van der Waals surface area contributed by atoms with Gasteiger partial charge in [0, 0.05) is 42.2 Å². The minimum atomic E-state index is -0.889. The predicted molar refractivity (Wildman–Crippen MR) is 86.9 cm³/mol. The summed E-state index contributed by atoms with van der Waals surface area (Å²) in [6.07, 6.45) is 3.74. The Morgan fingerprint density at radius 3 is 2.29 bits per heavy atom. The molecule has 0 spiro atoms. The summed E-state index contributed by atoms with van der Waals surface area (Å²) in [6.45, 7) is 2.28. The highest BCUT2D eigenvalue weighted by Gasteiger charge is 2.42. The van der Waals surface area contributed by atoms with Crippen LogP contribution in [0.5, 0.6) is 0 Å². The zero-order valence-electron chi connectivity index (χ0n) is 13.3. The lowest BCUT2D eigenvalue weighted by molar-refractivity contribution is -0.147. The maximum absolute atomic E-state index is 12.5. The summed E-state index contributed by atoms with van der Waals surface area (Å²) < 4.78 is 0. The van der Waals surface area contributed by atoms with Crippen molar-refractivity contribution in [1.82, 2.24) is 9.88 Å². The van der Waals surface area contributed by atoms with Crippen molar-refractivity contribution < 1.29 is 19.5 Å². The number of aromatic amines is 1. The summed E-state index contributed by atoms with van der Waals surface area (Å²) in [5.41, 5.74) is 0.629. The number of rotatable bonds is 4. The van der Waals surface area contributed by atoms with Gasteiger partial charge in [-0.1, -0.05) is 12.1 Å². The van der Waals surface area contributed by atoms with Gasteiger partial charge in [0.1, 0.15) is 0 Å². The van der Waals surface area contributed by atoms with Crippen molar-refractivity contribution >= 4 is 17.7 Å². The van der Waals surface area contributed by atoms with Crippen LogP contribution in [-0.2, 0) is 4.79 Å². The van der Waals surface area contributed by atoms with Gasteiger partial charge in [-0.3, -0.25) is 14.4 Å². The van der Waals surface area contributed by atoms with Crippen molar-refractivity contribution in [3.63, 3.8) is 0 Å². The molecule has 2 heterocycles. The zero-order valence-corrected chi connectivity index (χ0v) is 13.3. The molecule has 124 valence electrons. The molecule has 2 N–H and O–H groups in total. The third-order valence-corrected chi connectivity index (χ3v) is 4.53. The molecule has 1 amide bonds. The molecule has 0 saturated carbocycles. The number of hydrogen-bond donors (Lipinski definition) is 2. The first kappa shape index (κ1) is 16.0. The van der Waals surface area contributed by atoms with Crippen LogP contribution in [0.25, 0.3) is 0 Å². The first-order valence-electron chi connectivity index (χ1n) is 7.71. The molecule has 1 unspecified atom stereocenters. The fraction of sp³-hybridized carbons (Fsp3) is 0.278. The molecule has 1 saturated heterocycles. The van der Waals surface area contributed by atoms with Crippen molar-refractivity contribution in [2.45, 2.75) is 13.3 Å². The number of aliphatic carboxylic acids is 1. The second-order valence-corrected chi connectivity index (χ2v) is 6.35. The average molecular weight is 326 g/mol. The lowest BCUT2D eigenvalue weighted by Crippen LogP contribution is -2.34. The van der Waals surface area contributed by atoms with E-state index in [0.717, 1.165) is 0 Å². The molecule has 1 aliphatic rings. The van der Waals surface area contributed by atoms with E-state index in [4.69, 9.17) is 0 Å². The van der Waals surface area contributed by atoms with Crippen molar-refractivity contribution in [3.8, 4) is 0 Å². The van der Waals surface area contributed by atoms with E-state index in [-0.39, 0.29) is 18.2 Å². The van der Waals surface area contributed by atoms with Gasteiger partial charge in [-0.05, 0) is 31.5 Å². The molecule has 1 fully saturated rings. The lowest BCUT2D eigenvalue weighted by atomic mass is 9.90. The second-order valence-electron chi connectivity index (χ2n) is 6.35. The monoisotopic (exact) mass is 326 g/mol. The molecule has 1 atom stereocenters. The van der Waals surface area contributed by atoms with Crippen LogP contribution in [0.15, 0.2) is 42.7 Å².